The number of hydrogen-bond acceptors (Lipinski definition) is 2. The van der Waals surface area contributed by atoms with Gasteiger partial charge in [0.25, 0.3) is 0 Å². The summed E-state index contributed by atoms with van der Waals surface area (Å²) in [4.78, 5) is 12.9. The average Bonchev–Trinajstić information content (AvgIpc) is 2.82. The third kappa shape index (κ3) is 3.48. The molecule has 1 aliphatic heterocycles. The Bertz CT molecular complexity index is 384. The summed E-state index contributed by atoms with van der Waals surface area (Å²) in [7, 11) is 0. The monoisotopic (exact) mass is 233 g/mol. The highest BCUT2D eigenvalue weighted by atomic mass is 16.4. The second-order valence-electron chi connectivity index (χ2n) is 4.61. The smallest absolute Gasteiger partial charge is 0.303 e. The summed E-state index contributed by atoms with van der Waals surface area (Å²) in [5, 5.41) is 8.61. The van der Waals surface area contributed by atoms with Gasteiger partial charge in [0.05, 0.1) is 0 Å². The summed E-state index contributed by atoms with van der Waals surface area (Å²) < 4.78 is 0. The molecule has 1 N–H and O–H groups in total. The summed E-state index contributed by atoms with van der Waals surface area (Å²) in [6.45, 7) is 2.30. The third-order valence-electron chi connectivity index (χ3n) is 3.24. The molecule has 0 amide bonds. The van der Waals surface area contributed by atoms with Crippen molar-refractivity contribution in [2.75, 3.05) is 18.0 Å². The predicted molar refractivity (Wildman–Crippen MR) is 68.5 cm³/mol. The van der Waals surface area contributed by atoms with Crippen molar-refractivity contribution in [3.05, 3.63) is 29.8 Å². The van der Waals surface area contributed by atoms with E-state index in [1.807, 2.05) is 0 Å². The number of rotatable bonds is 5. The second-order valence-corrected chi connectivity index (χ2v) is 4.61. The van der Waals surface area contributed by atoms with Crippen molar-refractivity contribution in [3.63, 3.8) is 0 Å². The Labute approximate surface area is 102 Å². The standard InChI is InChI=1S/C14H19NO2/c16-14(17)8-4-6-12-5-3-7-13(11-12)15-9-1-2-10-15/h3,5,7,11H,1-2,4,6,8-10H2,(H,16,17). The molecule has 1 aliphatic rings. The fraction of sp³-hybridized carbons (Fsp3) is 0.500. The van der Waals surface area contributed by atoms with E-state index in [1.165, 1.54) is 24.1 Å². The molecule has 1 saturated heterocycles. The summed E-state index contributed by atoms with van der Waals surface area (Å²) in [6, 6.07) is 8.50. The van der Waals surface area contributed by atoms with Crippen molar-refractivity contribution in [2.45, 2.75) is 32.1 Å². The molecule has 0 unspecified atom stereocenters. The van der Waals surface area contributed by atoms with Gasteiger partial charge >= 0.3 is 5.97 Å². The van der Waals surface area contributed by atoms with Crippen LogP contribution in [0.25, 0.3) is 0 Å². The Balaban J connectivity index is 1.93. The molecular weight excluding hydrogens is 214 g/mol. The Morgan fingerprint density at radius 3 is 2.76 bits per heavy atom. The maximum absolute atomic E-state index is 10.5. The number of carbonyl (C=O) groups is 1. The zero-order valence-corrected chi connectivity index (χ0v) is 10.1. The van der Waals surface area contributed by atoms with Gasteiger partial charge in [-0.3, -0.25) is 4.79 Å². The number of hydrogen-bond donors (Lipinski definition) is 1. The maximum atomic E-state index is 10.5. The fourth-order valence-electron chi connectivity index (χ4n) is 2.33. The summed E-state index contributed by atoms with van der Waals surface area (Å²) >= 11 is 0. The molecular formula is C14H19NO2. The van der Waals surface area contributed by atoms with E-state index in [2.05, 4.69) is 29.2 Å². The van der Waals surface area contributed by atoms with Gasteiger partial charge in [-0.05, 0) is 43.4 Å². The van der Waals surface area contributed by atoms with Crippen LogP contribution in [0.1, 0.15) is 31.2 Å². The van der Waals surface area contributed by atoms with Crippen molar-refractivity contribution in [3.8, 4) is 0 Å². The molecule has 0 bridgehead atoms. The topological polar surface area (TPSA) is 40.5 Å². The Morgan fingerprint density at radius 1 is 1.29 bits per heavy atom. The van der Waals surface area contributed by atoms with E-state index in [1.54, 1.807) is 0 Å². The number of aliphatic carboxylic acids is 1. The number of carboxylic acids is 1. The normalized spacial score (nSPS) is 15.2. The lowest BCUT2D eigenvalue weighted by Crippen LogP contribution is -2.17. The number of carboxylic acid groups (broad SMARTS) is 1. The van der Waals surface area contributed by atoms with Crippen LogP contribution in [0.2, 0.25) is 0 Å². The van der Waals surface area contributed by atoms with E-state index in [-0.39, 0.29) is 6.42 Å². The minimum Gasteiger partial charge on any atom is -0.481 e. The van der Waals surface area contributed by atoms with Gasteiger partial charge < -0.3 is 10.0 Å². The van der Waals surface area contributed by atoms with Gasteiger partial charge in [-0.2, -0.15) is 0 Å². The van der Waals surface area contributed by atoms with E-state index in [0.717, 1.165) is 25.9 Å². The lowest BCUT2D eigenvalue weighted by molar-refractivity contribution is -0.137. The molecule has 0 aromatic heterocycles. The number of nitrogens with zero attached hydrogens (tertiary/aromatic N) is 1. The largest absolute Gasteiger partial charge is 0.481 e. The molecule has 0 spiro atoms. The average molecular weight is 233 g/mol. The van der Waals surface area contributed by atoms with E-state index in [4.69, 9.17) is 5.11 Å². The molecule has 2 rings (SSSR count). The van der Waals surface area contributed by atoms with Gasteiger partial charge in [-0.15, -0.1) is 0 Å². The van der Waals surface area contributed by atoms with Gasteiger partial charge in [-0.25, -0.2) is 0 Å². The lowest BCUT2D eigenvalue weighted by atomic mass is 10.1. The van der Waals surface area contributed by atoms with Crippen molar-refractivity contribution < 1.29 is 9.90 Å². The number of benzene rings is 1. The van der Waals surface area contributed by atoms with Crippen LogP contribution in [-0.2, 0) is 11.2 Å². The van der Waals surface area contributed by atoms with Crippen LogP contribution in [0, 0.1) is 0 Å². The number of aryl methyl sites for hydroxylation is 1. The van der Waals surface area contributed by atoms with Gasteiger partial charge in [0.15, 0.2) is 0 Å². The van der Waals surface area contributed by atoms with Crippen molar-refractivity contribution in [2.24, 2.45) is 0 Å². The van der Waals surface area contributed by atoms with Gasteiger partial charge in [0.2, 0.25) is 0 Å². The van der Waals surface area contributed by atoms with Crippen LogP contribution in [0.3, 0.4) is 0 Å². The van der Waals surface area contributed by atoms with Crippen molar-refractivity contribution in [1.29, 1.82) is 0 Å². The van der Waals surface area contributed by atoms with Crippen molar-refractivity contribution >= 4 is 11.7 Å². The molecule has 1 heterocycles. The molecule has 1 aromatic rings. The first kappa shape index (κ1) is 12.0. The van der Waals surface area contributed by atoms with Crippen LogP contribution in [-0.4, -0.2) is 24.2 Å². The zero-order chi connectivity index (χ0) is 12.1. The first-order chi connectivity index (χ1) is 8.25. The first-order valence-corrected chi connectivity index (χ1v) is 6.31. The highest BCUT2D eigenvalue weighted by molar-refractivity contribution is 5.66. The predicted octanol–water partition coefficient (Wildman–Crippen LogP) is 2.69. The molecule has 0 saturated carbocycles. The van der Waals surface area contributed by atoms with Crippen molar-refractivity contribution in [1.82, 2.24) is 0 Å². The van der Waals surface area contributed by atoms with Gasteiger partial charge in [0.1, 0.15) is 0 Å². The van der Waals surface area contributed by atoms with Crippen LogP contribution in [0.4, 0.5) is 5.69 Å². The number of anilines is 1. The van der Waals surface area contributed by atoms with E-state index in [0.29, 0.717) is 0 Å². The second kappa shape index (κ2) is 5.71. The Hall–Kier alpha value is -1.51. The Kier molecular flexibility index (Phi) is 4.02. The van der Waals surface area contributed by atoms with E-state index >= 15 is 0 Å². The summed E-state index contributed by atoms with van der Waals surface area (Å²) in [5.41, 5.74) is 2.53. The highest BCUT2D eigenvalue weighted by Gasteiger charge is 2.12. The summed E-state index contributed by atoms with van der Waals surface area (Å²) in [6.07, 6.45) is 4.40. The van der Waals surface area contributed by atoms with Gasteiger partial charge in [0, 0.05) is 25.2 Å². The maximum Gasteiger partial charge on any atom is 0.303 e. The molecule has 3 heteroatoms. The highest BCUT2D eigenvalue weighted by Crippen LogP contribution is 2.21. The SMILES string of the molecule is O=C(O)CCCc1cccc(N2CCCC2)c1. The van der Waals surface area contributed by atoms with Crippen LogP contribution < -0.4 is 4.90 Å². The molecule has 0 atom stereocenters. The van der Waals surface area contributed by atoms with Gasteiger partial charge in [-0.1, -0.05) is 12.1 Å². The molecule has 3 nitrogen and oxygen atoms in total. The summed E-state index contributed by atoms with van der Waals surface area (Å²) in [5.74, 6) is -0.708. The third-order valence-corrected chi connectivity index (χ3v) is 3.24. The van der Waals surface area contributed by atoms with E-state index in [9.17, 15) is 4.79 Å². The zero-order valence-electron chi connectivity index (χ0n) is 10.1. The molecule has 17 heavy (non-hydrogen) atoms. The van der Waals surface area contributed by atoms with Crippen LogP contribution in [0.5, 0.6) is 0 Å². The van der Waals surface area contributed by atoms with Crippen LogP contribution in [0.15, 0.2) is 24.3 Å². The van der Waals surface area contributed by atoms with E-state index < -0.39 is 5.97 Å². The Morgan fingerprint density at radius 2 is 2.06 bits per heavy atom. The first-order valence-electron chi connectivity index (χ1n) is 6.31. The quantitative estimate of drug-likeness (QED) is 0.850. The molecule has 92 valence electrons. The van der Waals surface area contributed by atoms with Crippen LogP contribution >= 0.6 is 0 Å². The minimum atomic E-state index is -0.708. The molecule has 1 aromatic carbocycles. The molecule has 1 fully saturated rings. The lowest BCUT2D eigenvalue weighted by Gasteiger charge is -2.18. The fourth-order valence-corrected chi connectivity index (χ4v) is 2.33. The molecule has 0 aliphatic carbocycles. The molecule has 0 radical (unpaired) electrons. The minimum absolute atomic E-state index is 0.258.